The molecule has 0 N–H and O–H groups in total. The van der Waals surface area contributed by atoms with Crippen LogP contribution in [0.15, 0.2) is 24.3 Å². The van der Waals surface area contributed by atoms with Crippen molar-refractivity contribution < 1.29 is 0 Å². The molecule has 1 fully saturated rings. The molecule has 0 radical (unpaired) electrons. The third-order valence-corrected chi connectivity index (χ3v) is 2.17. The van der Waals surface area contributed by atoms with Crippen molar-refractivity contribution in [2.45, 2.75) is 32.6 Å². The number of benzene rings is 1. The van der Waals surface area contributed by atoms with Crippen molar-refractivity contribution in [2.24, 2.45) is 0 Å². The van der Waals surface area contributed by atoms with Crippen molar-refractivity contribution in [2.75, 3.05) is 0 Å². The Morgan fingerprint density at radius 1 is 1.08 bits per heavy atom. The fourth-order valence-corrected chi connectivity index (χ4v) is 1.28. The molecule has 0 atom stereocenters. The van der Waals surface area contributed by atoms with Crippen LogP contribution in [0.3, 0.4) is 0 Å². The van der Waals surface area contributed by atoms with Crippen molar-refractivity contribution in [3.63, 3.8) is 0 Å². The predicted octanol–water partition coefficient (Wildman–Crippen LogP) is 4.24. The average Bonchev–Trinajstić information content (AvgIpc) is 2.93. The second-order valence-electron chi connectivity index (χ2n) is 2.83. The van der Waals surface area contributed by atoms with Gasteiger partial charge in [0.05, 0.1) is 0 Å². The van der Waals surface area contributed by atoms with Crippen molar-refractivity contribution in [1.29, 1.82) is 0 Å². The van der Waals surface area contributed by atoms with Gasteiger partial charge in [0.25, 0.3) is 0 Å². The molecule has 0 amide bonds. The van der Waals surface area contributed by atoms with Crippen LogP contribution < -0.4 is 0 Å². The van der Waals surface area contributed by atoms with E-state index >= 15 is 0 Å². The van der Waals surface area contributed by atoms with Crippen LogP contribution in [-0.4, -0.2) is 0 Å². The molecule has 0 aromatic heterocycles. The van der Waals surface area contributed by atoms with Crippen LogP contribution in [0.2, 0.25) is 5.02 Å². The Morgan fingerprint density at radius 3 is 2.00 bits per heavy atom. The van der Waals surface area contributed by atoms with E-state index in [1.54, 1.807) is 0 Å². The lowest BCUT2D eigenvalue weighted by Gasteiger charge is -1.95. The summed E-state index contributed by atoms with van der Waals surface area (Å²) in [6.07, 6.45) is 2.73. The summed E-state index contributed by atoms with van der Waals surface area (Å²) in [5.74, 6) is 0.845. The Labute approximate surface area is 79.6 Å². The Hall–Kier alpha value is -0.490. The maximum atomic E-state index is 5.74. The van der Waals surface area contributed by atoms with Gasteiger partial charge in [0.2, 0.25) is 0 Å². The van der Waals surface area contributed by atoms with Gasteiger partial charge in [0.1, 0.15) is 0 Å². The SMILES string of the molecule is CC.Clc1ccc(C2CC2)cc1. The second kappa shape index (κ2) is 4.51. The first-order chi connectivity index (χ1) is 5.86. The summed E-state index contributed by atoms with van der Waals surface area (Å²) in [6, 6.07) is 8.18. The first kappa shape index (κ1) is 9.60. The van der Waals surface area contributed by atoms with E-state index in [1.165, 1.54) is 18.4 Å². The minimum Gasteiger partial charge on any atom is -0.0843 e. The molecule has 12 heavy (non-hydrogen) atoms. The minimum absolute atomic E-state index is 0.837. The molecule has 0 heterocycles. The van der Waals surface area contributed by atoms with Crippen LogP contribution in [0.1, 0.15) is 38.2 Å². The van der Waals surface area contributed by atoms with Crippen molar-refractivity contribution in [1.82, 2.24) is 0 Å². The zero-order valence-electron chi connectivity index (χ0n) is 7.68. The van der Waals surface area contributed by atoms with Crippen LogP contribution in [-0.2, 0) is 0 Å². The summed E-state index contributed by atoms with van der Waals surface area (Å²) < 4.78 is 0. The highest BCUT2D eigenvalue weighted by atomic mass is 35.5. The molecule has 0 bridgehead atoms. The Balaban J connectivity index is 0.000000336. The minimum atomic E-state index is 0.837. The molecule has 2 rings (SSSR count). The number of rotatable bonds is 1. The summed E-state index contributed by atoms with van der Waals surface area (Å²) in [5.41, 5.74) is 1.45. The van der Waals surface area contributed by atoms with E-state index in [0.29, 0.717) is 0 Å². The second-order valence-corrected chi connectivity index (χ2v) is 3.26. The van der Waals surface area contributed by atoms with Gasteiger partial charge in [-0.2, -0.15) is 0 Å². The highest BCUT2D eigenvalue weighted by molar-refractivity contribution is 6.30. The van der Waals surface area contributed by atoms with Gasteiger partial charge in [-0.15, -0.1) is 0 Å². The topological polar surface area (TPSA) is 0 Å². The summed E-state index contributed by atoms with van der Waals surface area (Å²) in [7, 11) is 0. The van der Waals surface area contributed by atoms with Gasteiger partial charge in [0, 0.05) is 5.02 Å². The summed E-state index contributed by atoms with van der Waals surface area (Å²) in [6.45, 7) is 4.00. The molecule has 0 nitrogen and oxygen atoms in total. The summed E-state index contributed by atoms with van der Waals surface area (Å²) in [5, 5.41) is 0.837. The third-order valence-electron chi connectivity index (χ3n) is 1.92. The molecule has 1 saturated carbocycles. The highest BCUT2D eigenvalue weighted by Gasteiger charge is 2.22. The first-order valence-corrected chi connectivity index (χ1v) is 4.99. The molecule has 1 heteroatoms. The zero-order valence-corrected chi connectivity index (χ0v) is 8.43. The molecule has 66 valence electrons. The lowest BCUT2D eigenvalue weighted by Crippen LogP contribution is -1.75. The van der Waals surface area contributed by atoms with Gasteiger partial charge < -0.3 is 0 Å². The normalized spacial score (nSPS) is 14.9. The molecule has 1 aromatic carbocycles. The lowest BCUT2D eigenvalue weighted by molar-refractivity contribution is 1.13. The van der Waals surface area contributed by atoms with Crippen molar-refractivity contribution in [3.8, 4) is 0 Å². The molecular weight excluding hydrogens is 168 g/mol. The fourth-order valence-electron chi connectivity index (χ4n) is 1.15. The molecule has 0 spiro atoms. The van der Waals surface area contributed by atoms with Gasteiger partial charge in [0.15, 0.2) is 0 Å². The van der Waals surface area contributed by atoms with E-state index < -0.39 is 0 Å². The monoisotopic (exact) mass is 182 g/mol. The molecule has 0 saturated heterocycles. The quantitative estimate of drug-likeness (QED) is 0.610. The van der Waals surface area contributed by atoms with Crippen LogP contribution in [0.5, 0.6) is 0 Å². The van der Waals surface area contributed by atoms with Crippen LogP contribution >= 0.6 is 11.6 Å². The highest BCUT2D eigenvalue weighted by Crippen LogP contribution is 2.40. The van der Waals surface area contributed by atoms with E-state index in [-0.39, 0.29) is 0 Å². The maximum Gasteiger partial charge on any atom is 0.0406 e. The van der Waals surface area contributed by atoms with Crippen LogP contribution in [0.4, 0.5) is 0 Å². The standard InChI is InChI=1S/C9H9Cl.C2H6/c10-9-5-3-8(4-6-9)7-1-2-7;1-2/h3-7H,1-2H2;1-2H3. The van der Waals surface area contributed by atoms with Crippen LogP contribution in [0.25, 0.3) is 0 Å². The van der Waals surface area contributed by atoms with Gasteiger partial charge >= 0.3 is 0 Å². The van der Waals surface area contributed by atoms with E-state index in [9.17, 15) is 0 Å². The lowest BCUT2D eigenvalue weighted by atomic mass is 10.1. The maximum absolute atomic E-state index is 5.74. The molecule has 1 aromatic rings. The number of hydrogen-bond acceptors (Lipinski definition) is 0. The molecule has 1 aliphatic rings. The first-order valence-electron chi connectivity index (χ1n) is 4.62. The molecule has 0 unspecified atom stereocenters. The third kappa shape index (κ3) is 2.53. The smallest absolute Gasteiger partial charge is 0.0406 e. The molecular formula is C11H15Cl. The largest absolute Gasteiger partial charge is 0.0843 e. The van der Waals surface area contributed by atoms with Crippen LogP contribution in [0, 0.1) is 0 Å². The van der Waals surface area contributed by atoms with E-state index in [4.69, 9.17) is 11.6 Å². The predicted molar refractivity (Wildman–Crippen MR) is 54.8 cm³/mol. The van der Waals surface area contributed by atoms with E-state index in [2.05, 4.69) is 12.1 Å². The van der Waals surface area contributed by atoms with Crippen molar-refractivity contribution >= 4 is 11.6 Å². The molecule has 1 aliphatic carbocycles. The summed E-state index contributed by atoms with van der Waals surface area (Å²) in [4.78, 5) is 0. The van der Waals surface area contributed by atoms with E-state index in [0.717, 1.165) is 10.9 Å². The summed E-state index contributed by atoms with van der Waals surface area (Å²) >= 11 is 5.74. The Bertz CT molecular complexity index is 221. The van der Waals surface area contributed by atoms with E-state index in [1.807, 2.05) is 26.0 Å². The average molecular weight is 183 g/mol. The van der Waals surface area contributed by atoms with Gasteiger partial charge in [-0.05, 0) is 36.5 Å². The van der Waals surface area contributed by atoms with Gasteiger partial charge in [-0.1, -0.05) is 37.6 Å². The van der Waals surface area contributed by atoms with Crippen molar-refractivity contribution in [3.05, 3.63) is 34.9 Å². The molecule has 0 aliphatic heterocycles. The number of halogens is 1. The number of hydrogen-bond donors (Lipinski definition) is 0. The van der Waals surface area contributed by atoms with Gasteiger partial charge in [-0.25, -0.2) is 0 Å². The van der Waals surface area contributed by atoms with Gasteiger partial charge in [-0.3, -0.25) is 0 Å². The Kier molecular flexibility index (Phi) is 3.61. The fraction of sp³-hybridized carbons (Fsp3) is 0.455. The zero-order chi connectivity index (χ0) is 8.97. The Morgan fingerprint density at radius 2 is 1.58 bits per heavy atom.